The highest BCUT2D eigenvalue weighted by atomic mass is 14.9. The van der Waals surface area contributed by atoms with Crippen molar-refractivity contribution in [2.75, 3.05) is 13.1 Å². The van der Waals surface area contributed by atoms with Crippen molar-refractivity contribution in [3.8, 4) is 0 Å². The minimum atomic E-state index is 0.665. The number of nitrogens with one attached hydrogen (secondary N) is 1. The zero-order valence-corrected chi connectivity index (χ0v) is 8.61. The number of rotatable bonds is 1. The van der Waals surface area contributed by atoms with Gasteiger partial charge in [0, 0.05) is 24.3 Å². The molecule has 0 spiro atoms. The predicted octanol–water partition coefficient (Wildman–Crippen LogP) is 2.31. The van der Waals surface area contributed by atoms with Crippen LogP contribution in [0, 0.1) is 0 Å². The summed E-state index contributed by atoms with van der Waals surface area (Å²) >= 11 is 0. The lowest BCUT2D eigenvalue weighted by atomic mass is 9.94. The van der Waals surface area contributed by atoms with Gasteiger partial charge < -0.3 is 5.32 Å². The lowest BCUT2D eigenvalue weighted by molar-refractivity contribution is 0.770. The number of pyridine rings is 1. The van der Waals surface area contributed by atoms with Gasteiger partial charge in [-0.3, -0.25) is 4.98 Å². The number of fused-ring (bicyclic) bond motifs is 1. The monoisotopic (exact) mass is 198 g/mol. The summed E-state index contributed by atoms with van der Waals surface area (Å²) in [6.07, 6.45) is 5.09. The lowest BCUT2D eigenvalue weighted by Crippen LogP contribution is -2.08. The second kappa shape index (κ2) is 3.63. The van der Waals surface area contributed by atoms with E-state index in [2.05, 4.69) is 34.6 Å². The van der Waals surface area contributed by atoms with E-state index in [-0.39, 0.29) is 0 Å². The highest BCUT2D eigenvalue weighted by Gasteiger charge is 2.18. The molecule has 1 aromatic carbocycles. The van der Waals surface area contributed by atoms with E-state index in [4.69, 9.17) is 0 Å². The summed E-state index contributed by atoms with van der Waals surface area (Å²) in [7, 11) is 0. The first-order valence-electron chi connectivity index (χ1n) is 5.48. The van der Waals surface area contributed by atoms with Crippen molar-refractivity contribution < 1.29 is 0 Å². The molecule has 0 aliphatic carbocycles. The number of hydrogen-bond acceptors (Lipinski definition) is 2. The second-order valence-electron chi connectivity index (χ2n) is 4.13. The molecule has 2 heteroatoms. The first kappa shape index (κ1) is 8.86. The van der Waals surface area contributed by atoms with Gasteiger partial charge >= 0.3 is 0 Å². The molecule has 2 aromatic rings. The van der Waals surface area contributed by atoms with Gasteiger partial charge in [0.05, 0.1) is 0 Å². The Labute approximate surface area is 89.3 Å². The summed E-state index contributed by atoms with van der Waals surface area (Å²) in [5, 5.41) is 6.03. The van der Waals surface area contributed by atoms with Crippen molar-refractivity contribution >= 4 is 10.8 Å². The highest BCUT2D eigenvalue weighted by molar-refractivity contribution is 5.85. The first-order chi connectivity index (χ1) is 7.45. The third kappa shape index (κ3) is 1.51. The zero-order chi connectivity index (χ0) is 10.1. The molecular weight excluding hydrogens is 184 g/mol. The van der Waals surface area contributed by atoms with Crippen molar-refractivity contribution in [1.82, 2.24) is 10.3 Å². The summed E-state index contributed by atoms with van der Waals surface area (Å²) in [5.41, 5.74) is 1.45. The molecule has 3 rings (SSSR count). The van der Waals surface area contributed by atoms with Gasteiger partial charge in [0.15, 0.2) is 0 Å². The van der Waals surface area contributed by atoms with Gasteiger partial charge in [-0.25, -0.2) is 0 Å². The molecule has 15 heavy (non-hydrogen) atoms. The maximum atomic E-state index is 4.22. The summed E-state index contributed by atoms with van der Waals surface area (Å²) in [5.74, 6) is 0.665. The third-order valence-electron chi connectivity index (χ3n) is 3.22. The Morgan fingerprint density at radius 3 is 3.13 bits per heavy atom. The third-order valence-corrected chi connectivity index (χ3v) is 3.22. The smallest absolute Gasteiger partial charge is 0.0349 e. The summed E-state index contributed by atoms with van der Waals surface area (Å²) < 4.78 is 0. The van der Waals surface area contributed by atoms with E-state index >= 15 is 0 Å². The summed E-state index contributed by atoms with van der Waals surface area (Å²) in [6.45, 7) is 2.25. The van der Waals surface area contributed by atoms with E-state index in [1.807, 2.05) is 12.4 Å². The maximum absolute atomic E-state index is 4.22. The highest BCUT2D eigenvalue weighted by Crippen LogP contribution is 2.28. The molecule has 1 fully saturated rings. The summed E-state index contributed by atoms with van der Waals surface area (Å²) in [6, 6.07) is 8.63. The molecule has 1 aliphatic rings. The Morgan fingerprint density at radius 2 is 2.27 bits per heavy atom. The van der Waals surface area contributed by atoms with Gasteiger partial charge in [-0.05, 0) is 35.9 Å². The fourth-order valence-corrected chi connectivity index (χ4v) is 2.41. The van der Waals surface area contributed by atoms with Gasteiger partial charge in [0.1, 0.15) is 0 Å². The van der Waals surface area contributed by atoms with Gasteiger partial charge in [0.25, 0.3) is 0 Å². The second-order valence-corrected chi connectivity index (χ2v) is 4.13. The summed E-state index contributed by atoms with van der Waals surface area (Å²) in [4.78, 5) is 4.22. The topological polar surface area (TPSA) is 24.9 Å². The van der Waals surface area contributed by atoms with Crippen LogP contribution in [-0.2, 0) is 0 Å². The molecule has 2 nitrogen and oxygen atoms in total. The number of hydrogen-bond donors (Lipinski definition) is 1. The van der Waals surface area contributed by atoms with Gasteiger partial charge in [-0.15, -0.1) is 0 Å². The van der Waals surface area contributed by atoms with E-state index < -0.39 is 0 Å². The standard InChI is InChI=1S/C13H14N2/c1-2-10-4-6-15-9-13(10)12(3-1)11-5-7-14-8-11/h1-4,6,9,11,14H,5,7-8H2. The normalized spacial score (nSPS) is 20.9. The van der Waals surface area contributed by atoms with Crippen LogP contribution in [-0.4, -0.2) is 18.1 Å². The fourth-order valence-electron chi connectivity index (χ4n) is 2.41. The predicted molar refractivity (Wildman–Crippen MR) is 62.0 cm³/mol. The minimum Gasteiger partial charge on any atom is -0.316 e. The van der Waals surface area contributed by atoms with Crippen LogP contribution in [0.5, 0.6) is 0 Å². The molecule has 1 saturated heterocycles. The molecule has 1 atom stereocenters. The molecule has 1 aromatic heterocycles. The molecule has 1 aliphatic heterocycles. The van der Waals surface area contributed by atoms with Gasteiger partial charge in [-0.1, -0.05) is 18.2 Å². The van der Waals surface area contributed by atoms with Crippen LogP contribution in [0.2, 0.25) is 0 Å². The zero-order valence-electron chi connectivity index (χ0n) is 8.61. The van der Waals surface area contributed by atoms with Crippen molar-refractivity contribution in [2.24, 2.45) is 0 Å². The van der Waals surface area contributed by atoms with E-state index in [1.54, 1.807) is 0 Å². The van der Waals surface area contributed by atoms with Crippen LogP contribution in [0.4, 0.5) is 0 Å². The van der Waals surface area contributed by atoms with Crippen molar-refractivity contribution in [2.45, 2.75) is 12.3 Å². The number of aromatic nitrogens is 1. The van der Waals surface area contributed by atoms with E-state index in [1.165, 1.54) is 22.8 Å². The Morgan fingerprint density at radius 1 is 1.27 bits per heavy atom. The van der Waals surface area contributed by atoms with Crippen molar-refractivity contribution in [1.29, 1.82) is 0 Å². The van der Waals surface area contributed by atoms with Crippen LogP contribution in [0.3, 0.4) is 0 Å². The van der Waals surface area contributed by atoms with Crippen LogP contribution in [0.25, 0.3) is 10.8 Å². The molecule has 0 radical (unpaired) electrons. The van der Waals surface area contributed by atoms with Crippen LogP contribution in [0.1, 0.15) is 17.9 Å². The Bertz CT molecular complexity index is 467. The molecule has 76 valence electrons. The Kier molecular flexibility index (Phi) is 2.14. The van der Waals surface area contributed by atoms with Crippen molar-refractivity contribution in [3.63, 3.8) is 0 Å². The van der Waals surface area contributed by atoms with E-state index in [0.29, 0.717) is 5.92 Å². The Balaban J connectivity index is 2.16. The number of benzene rings is 1. The largest absolute Gasteiger partial charge is 0.316 e. The van der Waals surface area contributed by atoms with E-state index in [9.17, 15) is 0 Å². The molecule has 2 heterocycles. The minimum absolute atomic E-state index is 0.665. The van der Waals surface area contributed by atoms with Crippen LogP contribution < -0.4 is 5.32 Å². The average Bonchev–Trinajstić information content (AvgIpc) is 2.82. The molecule has 0 amide bonds. The molecule has 1 unspecified atom stereocenters. The average molecular weight is 198 g/mol. The lowest BCUT2D eigenvalue weighted by Gasteiger charge is -2.11. The molecular formula is C13H14N2. The quantitative estimate of drug-likeness (QED) is 0.760. The number of nitrogens with zero attached hydrogens (tertiary/aromatic N) is 1. The molecule has 0 bridgehead atoms. The molecule has 0 saturated carbocycles. The van der Waals surface area contributed by atoms with E-state index in [0.717, 1.165) is 13.1 Å². The first-order valence-corrected chi connectivity index (χ1v) is 5.48. The van der Waals surface area contributed by atoms with Crippen LogP contribution >= 0.6 is 0 Å². The SMILES string of the molecule is c1cc(C2CCNC2)c2cnccc2c1. The fraction of sp³-hybridized carbons (Fsp3) is 0.308. The van der Waals surface area contributed by atoms with Gasteiger partial charge in [-0.2, -0.15) is 0 Å². The van der Waals surface area contributed by atoms with Gasteiger partial charge in [0.2, 0.25) is 0 Å². The molecule has 1 N–H and O–H groups in total. The maximum Gasteiger partial charge on any atom is 0.0349 e. The van der Waals surface area contributed by atoms with Crippen molar-refractivity contribution in [3.05, 3.63) is 42.2 Å². The van der Waals surface area contributed by atoms with Crippen LogP contribution in [0.15, 0.2) is 36.7 Å². The Hall–Kier alpha value is -1.41.